The summed E-state index contributed by atoms with van der Waals surface area (Å²) in [4.78, 5) is 0. The van der Waals surface area contributed by atoms with E-state index in [-0.39, 0.29) is 17.1 Å². The summed E-state index contributed by atoms with van der Waals surface area (Å²) in [7, 11) is 0. The van der Waals surface area contributed by atoms with Crippen LogP contribution in [-0.2, 0) is 0 Å². The Bertz CT molecular complexity index is 841. The van der Waals surface area contributed by atoms with E-state index in [4.69, 9.17) is 15.9 Å². The lowest BCUT2D eigenvalue weighted by molar-refractivity contribution is 0.302. The smallest absolute Gasteiger partial charge is 0.236 e. The fourth-order valence-corrected chi connectivity index (χ4v) is 3.16. The number of fused-ring (bicyclic) bond motifs is 1. The highest BCUT2D eigenvalue weighted by molar-refractivity contribution is 5.31. The Labute approximate surface area is 161 Å². The summed E-state index contributed by atoms with van der Waals surface area (Å²) >= 11 is 0. The van der Waals surface area contributed by atoms with Crippen LogP contribution in [0.25, 0.3) is 0 Å². The van der Waals surface area contributed by atoms with Crippen LogP contribution in [-0.4, -0.2) is 9.78 Å². The fourth-order valence-electron chi connectivity index (χ4n) is 3.16. The second-order valence-electron chi connectivity index (χ2n) is 6.03. The van der Waals surface area contributed by atoms with E-state index >= 15 is 0 Å². The molecule has 1 saturated carbocycles. The summed E-state index contributed by atoms with van der Waals surface area (Å²) in [5.41, 5.74) is 6.61. The number of hydrogen-bond acceptors (Lipinski definition) is 4. The van der Waals surface area contributed by atoms with E-state index < -0.39 is 0 Å². The first kappa shape index (κ1) is 20.6. The number of rotatable bonds is 4. The van der Waals surface area contributed by atoms with Crippen molar-refractivity contribution in [2.45, 2.75) is 40.3 Å². The van der Waals surface area contributed by atoms with Gasteiger partial charge in [-0.1, -0.05) is 70.2 Å². The number of aromatic nitrogens is 2. The van der Waals surface area contributed by atoms with E-state index in [1.807, 2.05) is 64.1 Å². The molecule has 0 amide bonds. The molecule has 27 heavy (non-hydrogen) atoms. The second-order valence-corrected chi connectivity index (χ2v) is 6.03. The predicted octanol–water partition coefficient (Wildman–Crippen LogP) is 4.80. The van der Waals surface area contributed by atoms with Crippen molar-refractivity contribution in [1.82, 2.24) is 9.78 Å². The van der Waals surface area contributed by atoms with E-state index in [0.29, 0.717) is 17.5 Å². The highest BCUT2D eigenvalue weighted by Crippen LogP contribution is 2.60. The highest BCUT2D eigenvalue weighted by atomic mass is 16.5. The van der Waals surface area contributed by atoms with Gasteiger partial charge in [0.25, 0.3) is 0 Å². The van der Waals surface area contributed by atoms with Gasteiger partial charge in [0.15, 0.2) is 0 Å². The number of nitrogens with one attached hydrogen (secondary N) is 1. The molecule has 0 spiro atoms. The maximum absolute atomic E-state index is 8.12. The van der Waals surface area contributed by atoms with Crippen molar-refractivity contribution >= 4 is 0 Å². The van der Waals surface area contributed by atoms with Crippen molar-refractivity contribution in [3.63, 3.8) is 0 Å². The topological polar surface area (TPSA) is 76.9 Å². The third-order valence-corrected chi connectivity index (χ3v) is 4.58. The molecule has 0 aliphatic heterocycles. The second kappa shape index (κ2) is 9.33. The van der Waals surface area contributed by atoms with Crippen LogP contribution >= 0.6 is 0 Å². The monoisotopic (exact) mass is 366 g/mol. The fraction of sp³-hybridized carbons (Fsp3) is 0.364. The number of nitrogens with zero attached hydrogens (tertiary/aromatic N) is 2. The van der Waals surface area contributed by atoms with Crippen LogP contribution in [0.4, 0.5) is 0 Å². The van der Waals surface area contributed by atoms with Gasteiger partial charge in [0.1, 0.15) is 17.4 Å². The van der Waals surface area contributed by atoms with Gasteiger partial charge in [-0.05, 0) is 30.5 Å². The molecule has 4 rings (SSSR count). The minimum Gasteiger partial charge on any atom is -0.438 e. The summed E-state index contributed by atoms with van der Waals surface area (Å²) in [6.45, 7) is 8.00. The minimum absolute atomic E-state index is 0.117. The summed E-state index contributed by atoms with van der Waals surface area (Å²) in [5.74, 6) is 1.59. The maximum atomic E-state index is 8.12. The van der Waals surface area contributed by atoms with Crippen molar-refractivity contribution in [2.75, 3.05) is 0 Å². The minimum atomic E-state index is -0.375. The van der Waals surface area contributed by atoms with E-state index in [0.717, 1.165) is 6.42 Å². The van der Waals surface area contributed by atoms with Crippen molar-refractivity contribution in [3.8, 4) is 11.6 Å². The van der Waals surface area contributed by atoms with Crippen LogP contribution < -0.4 is 16.0 Å². The van der Waals surface area contributed by atoms with Gasteiger partial charge in [-0.15, -0.1) is 5.10 Å². The molecule has 1 heterocycles. The van der Waals surface area contributed by atoms with Crippen LogP contribution in [0.2, 0.25) is 0 Å². The molecule has 0 bridgehead atoms. The Balaban J connectivity index is 0.000000614. The van der Waals surface area contributed by atoms with Crippen molar-refractivity contribution in [2.24, 2.45) is 17.1 Å². The SMILES string of the molecule is CC.CC.N=c1ccc(Oc2ccccc2)nn1C(N)C12C=CC=CC1C2. The quantitative estimate of drug-likeness (QED) is 0.816. The van der Waals surface area contributed by atoms with Crippen molar-refractivity contribution in [1.29, 1.82) is 5.41 Å². The Hall–Kier alpha value is -2.66. The van der Waals surface area contributed by atoms with Crippen LogP contribution in [0.15, 0.2) is 66.8 Å². The summed E-state index contributed by atoms with van der Waals surface area (Å²) in [5, 5.41) is 12.6. The first-order valence-corrected chi connectivity index (χ1v) is 9.68. The van der Waals surface area contributed by atoms with Crippen LogP contribution in [0, 0.1) is 16.7 Å². The van der Waals surface area contributed by atoms with Gasteiger partial charge < -0.3 is 10.5 Å². The number of allylic oxidation sites excluding steroid dienone is 3. The molecule has 2 aromatic rings. The maximum Gasteiger partial charge on any atom is 0.236 e. The first-order chi connectivity index (χ1) is 13.2. The molecule has 1 aromatic heterocycles. The standard InChI is InChI=1S/C18H18N4O.2C2H6/c19-15-9-10-16(23-14-7-2-1-3-8-14)21-22(15)17(20)18-11-5-4-6-13(18)12-18;2*1-2/h1-11,13,17,19H,12,20H2;2*1-2H3. The van der Waals surface area contributed by atoms with Crippen molar-refractivity contribution < 1.29 is 4.74 Å². The molecule has 3 N–H and O–H groups in total. The molecule has 0 radical (unpaired) electrons. The van der Waals surface area contributed by atoms with E-state index in [1.54, 1.807) is 16.8 Å². The van der Waals surface area contributed by atoms with Crippen molar-refractivity contribution in [3.05, 3.63) is 72.3 Å². The zero-order valence-corrected chi connectivity index (χ0v) is 16.6. The molecule has 5 heteroatoms. The number of nitrogens with two attached hydrogens (primary N) is 1. The lowest BCUT2D eigenvalue weighted by Crippen LogP contribution is -2.38. The van der Waals surface area contributed by atoms with Gasteiger partial charge in [0.05, 0.1) is 0 Å². The average molecular weight is 367 g/mol. The predicted molar refractivity (Wildman–Crippen MR) is 109 cm³/mol. The zero-order valence-electron chi connectivity index (χ0n) is 16.6. The lowest BCUT2D eigenvalue weighted by atomic mass is 9.96. The molecular weight excluding hydrogens is 336 g/mol. The Morgan fingerprint density at radius 2 is 1.81 bits per heavy atom. The van der Waals surface area contributed by atoms with Gasteiger partial charge in [-0.25, -0.2) is 4.68 Å². The summed E-state index contributed by atoms with van der Waals surface area (Å²) in [6.07, 6.45) is 9.02. The Kier molecular flexibility index (Phi) is 7.13. The van der Waals surface area contributed by atoms with Gasteiger partial charge in [0.2, 0.25) is 5.88 Å². The molecule has 0 saturated heterocycles. The molecule has 1 aromatic carbocycles. The number of ether oxygens (including phenoxy) is 1. The number of benzene rings is 1. The van der Waals surface area contributed by atoms with Gasteiger partial charge in [0, 0.05) is 11.5 Å². The van der Waals surface area contributed by atoms with Gasteiger partial charge >= 0.3 is 0 Å². The largest absolute Gasteiger partial charge is 0.438 e. The first-order valence-electron chi connectivity index (χ1n) is 9.68. The number of hydrogen-bond donors (Lipinski definition) is 2. The number of para-hydroxylation sites is 1. The normalized spacial score (nSPS) is 22.3. The van der Waals surface area contributed by atoms with Crippen LogP contribution in [0.1, 0.15) is 40.3 Å². The molecule has 3 unspecified atom stereocenters. The lowest BCUT2D eigenvalue weighted by Gasteiger charge is -2.24. The van der Waals surface area contributed by atoms with Gasteiger partial charge in [-0.2, -0.15) is 0 Å². The zero-order chi connectivity index (χ0) is 19.9. The molecule has 1 fully saturated rings. The molecule has 144 valence electrons. The van der Waals surface area contributed by atoms with E-state index in [1.165, 1.54) is 0 Å². The Morgan fingerprint density at radius 1 is 1.11 bits per heavy atom. The van der Waals surface area contributed by atoms with Crippen LogP contribution in [0.5, 0.6) is 11.6 Å². The van der Waals surface area contributed by atoms with Crippen LogP contribution in [0.3, 0.4) is 0 Å². The summed E-state index contributed by atoms with van der Waals surface area (Å²) < 4.78 is 7.31. The molecule has 2 aliphatic carbocycles. The molecule has 2 aliphatic rings. The van der Waals surface area contributed by atoms with E-state index in [9.17, 15) is 0 Å². The molecule has 5 nitrogen and oxygen atoms in total. The van der Waals surface area contributed by atoms with Gasteiger partial charge in [-0.3, -0.25) is 5.41 Å². The average Bonchev–Trinajstić information content (AvgIpc) is 3.49. The molecule has 3 atom stereocenters. The molecular formula is C22H30N4O. The third-order valence-electron chi connectivity index (χ3n) is 4.58. The summed E-state index contributed by atoms with van der Waals surface area (Å²) in [6, 6.07) is 12.8. The third kappa shape index (κ3) is 4.37. The Morgan fingerprint density at radius 3 is 2.48 bits per heavy atom. The highest BCUT2D eigenvalue weighted by Gasteiger charge is 2.56. The van der Waals surface area contributed by atoms with E-state index in [2.05, 4.69) is 23.3 Å².